The first-order valence-corrected chi connectivity index (χ1v) is 11.0. The van der Waals surface area contributed by atoms with Gasteiger partial charge in [0.1, 0.15) is 12.6 Å². The lowest BCUT2D eigenvalue weighted by molar-refractivity contribution is -0.123. The summed E-state index contributed by atoms with van der Waals surface area (Å²) in [6, 6.07) is 8.28. The number of hydrogen-bond donors (Lipinski definition) is 3. The molecule has 0 radical (unpaired) electrons. The van der Waals surface area contributed by atoms with Gasteiger partial charge in [0.2, 0.25) is 5.91 Å². The molecule has 3 N–H and O–H groups in total. The predicted molar refractivity (Wildman–Crippen MR) is 115 cm³/mol. The van der Waals surface area contributed by atoms with Gasteiger partial charge in [-0.2, -0.15) is 0 Å². The second-order valence-corrected chi connectivity index (χ2v) is 7.41. The minimum atomic E-state index is -0.999. The SMILES string of the molecule is CCCCCCCCCCCCNC(=O)[C@H](CO)NC(=O)OCc1ccccc1. The molecular weight excluding hydrogens is 368 g/mol. The highest BCUT2D eigenvalue weighted by Crippen LogP contribution is 2.10. The largest absolute Gasteiger partial charge is 0.445 e. The Balaban J connectivity index is 2.06. The van der Waals surface area contributed by atoms with Crippen LogP contribution in [0.3, 0.4) is 0 Å². The van der Waals surface area contributed by atoms with Crippen LogP contribution in [0.4, 0.5) is 4.79 Å². The van der Waals surface area contributed by atoms with Gasteiger partial charge < -0.3 is 20.5 Å². The van der Waals surface area contributed by atoms with Gasteiger partial charge in [-0.1, -0.05) is 95.0 Å². The molecule has 1 atom stereocenters. The molecule has 0 spiro atoms. The number of hydrogen-bond acceptors (Lipinski definition) is 4. The van der Waals surface area contributed by atoms with Gasteiger partial charge in [-0.05, 0) is 12.0 Å². The fourth-order valence-corrected chi connectivity index (χ4v) is 3.05. The summed E-state index contributed by atoms with van der Waals surface area (Å²) in [6.07, 6.45) is 11.6. The van der Waals surface area contributed by atoms with Crippen LogP contribution in [0.15, 0.2) is 30.3 Å². The fourth-order valence-electron chi connectivity index (χ4n) is 3.05. The Bertz CT molecular complexity index is 551. The third-order valence-corrected chi connectivity index (χ3v) is 4.83. The third kappa shape index (κ3) is 12.9. The lowest BCUT2D eigenvalue weighted by Crippen LogP contribution is -2.49. The number of nitrogens with one attached hydrogen (secondary N) is 2. The second-order valence-electron chi connectivity index (χ2n) is 7.41. The van der Waals surface area contributed by atoms with Gasteiger partial charge in [0.25, 0.3) is 0 Å². The van der Waals surface area contributed by atoms with Gasteiger partial charge in [-0.15, -0.1) is 0 Å². The molecule has 0 saturated heterocycles. The molecule has 1 aromatic carbocycles. The molecule has 0 aliphatic heterocycles. The topological polar surface area (TPSA) is 87.7 Å². The maximum Gasteiger partial charge on any atom is 0.408 e. The molecule has 0 saturated carbocycles. The van der Waals surface area contributed by atoms with E-state index in [1.54, 1.807) is 0 Å². The van der Waals surface area contributed by atoms with Crippen LogP contribution >= 0.6 is 0 Å². The number of carbonyl (C=O) groups excluding carboxylic acids is 2. The summed E-state index contributed by atoms with van der Waals surface area (Å²) in [5.41, 5.74) is 0.855. The van der Waals surface area contributed by atoms with Crippen LogP contribution in [-0.4, -0.2) is 36.3 Å². The lowest BCUT2D eigenvalue weighted by atomic mass is 10.1. The Morgan fingerprint density at radius 1 is 0.931 bits per heavy atom. The van der Waals surface area contributed by atoms with E-state index in [-0.39, 0.29) is 12.5 Å². The van der Waals surface area contributed by atoms with Crippen LogP contribution in [-0.2, 0) is 16.1 Å². The van der Waals surface area contributed by atoms with Crippen molar-refractivity contribution in [1.29, 1.82) is 0 Å². The molecule has 164 valence electrons. The van der Waals surface area contributed by atoms with E-state index in [0.717, 1.165) is 18.4 Å². The normalized spacial score (nSPS) is 11.7. The van der Waals surface area contributed by atoms with Crippen LogP contribution in [0.5, 0.6) is 0 Å². The van der Waals surface area contributed by atoms with Crippen molar-refractivity contribution in [2.45, 2.75) is 83.8 Å². The number of aliphatic hydroxyl groups is 1. The predicted octanol–water partition coefficient (Wildman–Crippen LogP) is 4.31. The fraction of sp³-hybridized carbons (Fsp3) is 0.652. The number of carbonyl (C=O) groups is 2. The van der Waals surface area contributed by atoms with Crippen molar-refractivity contribution < 1.29 is 19.4 Å². The van der Waals surface area contributed by atoms with Gasteiger partial charge in [0, 0.05) is 6.54 Å². The van der Waals surface area contributed by atoms with Crippen LogP contribution in [0.2, 0.25) is 0 Å². The first-order valence-electron chi connectivity index (χ1n) is 11.0. The number of rotatable bonds is 16. The van der Waals surface area contributed by atoms with E-state index in [0.29, 0.717) is 6.54 Å². The first kappa shape index (κ1) is 25.0. The van der Waals surface area contributed by atoms with Crippen molar-refractivity contribution >= 4 is 12.0 Å². The van der Waals surface area contributed by atoms with Crippen LogP contribution in [0.1, 0.15) is 76.7 Å². The summed E-state index contributed by atoms with van der Waals surface area (Å²) >= 11 is 0. The van der Waals surface area contributed by atoms with Crippen LogP contribution in [0.25, 0.3) is 0 Å². The Morgan fingerprint density at radius 3 is 2.10 bits per heavy atom. The van der Waals surface area contributed by atoms with Gasteiger partial charge in [-0.3, -0.25) is 4.79 Å². The molecule has 0 aliphatic carbocycles. The van der Waals surface area contributed by atoms with E-state index in [1.165, 1.54) is 51.4 Å². The second kappa shape index (κ2) is 16.8. The minimum Gasteiger partial charge on any atom is -0.445 e. The molecule has 1 rings (SSSR count). The molecule has 0 aromatic heterocycles. The molecule has 0 bridgehead atoms. The lowest BCUT2D eigenvalue weighted by Gasteiger charge is -2.16. The molecule has 0 unspecified atom stereocenters. The minimum absolute atomic E-state index is 0.116. The number of unbranched alkanes of at least 4 members (excludes halogenated alkanes) is 9. The zero-order valence-corrected chi connectivity index (χ0v) is 17.8. The van der Waals surface area contributed by atoms with Gasteiger partial charge >= 0.3 is 6.09 Å². The van der Waals surface area contributed by atoms with Crippen molar-refractivity contribution in [1.82, 2.24) is 10.6 Å². The van der Waals surface area contributed by atoms with Crippen molar-refractivity contribution in [2.75, 3.05) is 13.2 Å². The van der Waals surface area contributed by atoms with E-state index in [9.17, 15) is 14.7 Å². The highest BCUT2D eigenvalue weighted by Gasteiger charge is 2.20. The Kier molecular flexibility index (Phi) is 14.5. The van der Waals surface area contributed by atoms with E-state index in [4.69, 9.17) is 4.74 Å². The summed E-state index contributed by atoms with van der Waals surface area (Å²) in [4.78, 5) is 23.9. The standard InChI is InChI=1S/C23H38N2O4/c1-2-3-4-5-6-7-8-9-10-14-17-24-22(27)21(18-26)25-23(28)29-19-20-15-12-11-13-16-20/h11-13,15-16,21,26H,2-10,14,17-19H2,1H3,(H,24,27)(H,25,28)/t21-/m0/s1. The maximum atomic E-state index is 12.1. The van der Waals surface area contributed by atoms with Gasteiger partial charge in [-0.25, -0.2) is 4.79 Å². The summed E-state index contributed by atoms with van der Waals surface area (Å²) in [5.74, 6) is -0.389. The van der Waals surface area contributed by atoms with E-state index < -0.39 is 18.7 Å². The number of alkyl carbamates (subject to hydrolysis) is 1. The zero-order valence-electron chi connectivity index (χ0n) is 17.8. The summed E-state index contributed by atoms with van der Waals surface area (Å²) in [5, 5.41) is 14.5. The molecule has 1 aromatic rings. The van der Waals surface area contributed by atoms with E-state index in [2.05, 4.69) is 17.6 Å². The summed E-state index contributed by atoms with van der Waals surface area (Å²) in [7, 11) is 0. The molecular formula is C23H38N2O4. The number of amides is 2. The van der Waals surface area contributed by atoms with E-state index in [1.807, 2.05) is 30.3 Å². The Labute approximate surface area is 175 Å². The molecule has 6 heteroatoms. The Morgan fingerprint density at radius 2 is 1.52 bits per heavy atom. The van der Waals surface area contributed by atoms with Crippen LogP contribution in [0, 0.1) is 0 Å². The average molecular weight is 407 g/mol. The third-order valence-electron chi connectivity index (χ3n) is 4.83. The molecule has 2 amide bonds. The van der Waals surface area contributed by atoms with E-state index >= 15 is 0 Å². The number of aliphatic hydroxyl groups excluding tert-OH is 1. The highest BCUT2D eigenvalue weighted by molar-refractivity contribution is 5.85. The maximum absolute atomic E-state index is 12.1. The zero-order chi connectivity index (χ0) is 21.2. The van der Waals surface area contributed by atoms with Crippen molar-refractivity contribution in [2.24, 2.45) is 0 Å². The van der Waals surface area contributed by atoms with Crippen molar-refractivity contribution in [3.05, 3.63) is 35.9 Å². The summed E-state index contributed by atoms with van der Waals surface area (Å²) in [6.45, 7) is 2.43. The highest BCUT2D eigenvalue weighted by atomic mass is 16.5. The summed E-state index contributed by atoms with van der Waals surface area (Å²) < 4.78 is 5.08. The first-order chi connectivity index (χ1) is 14.2. The molecule has 0 heterocycles. The number of ether oxygens (including phenoxy) is 1. The van der Waals surface area contributed by atoms with Crippen molar-refractivity contribution in [3.63, 3.8) is 0 Å². The monoisotopic (exact) mass is 406 g/mol. The van der Waals surface area contributed by atoms with Crippen molar-refractivity contribution in [3.8, 4) is 0 Å². The van der Waals surface area contributed by atoms with Gasteiger partial charge in [0.05, 0.1) is 6.61 Å². The molecule has 0 fully saturated rings. The molecule has 6 nitrogen and oxygen atoms in total. The average Bonchev–Trinajstić information content (AvgIpc) is 2.75. The number of benzene rings is 1. The Hall–Kier alpha value is -2.08. The smallest absolute Gasteiger partial charge is 0.408 e. The van der Waals surface area contributed by atoms with Crippen LogP contribution < -0.4 is 10.6 Å². The molecule has 29 heavy (non-hydrogen) atoms. The van der Waals surface area contributed by atoms with Gasteiger partial charge in [0.15, 0.2) is 0 Å². The quantitative estimate of drug-likeness (QED) is 0.357. The molecule has 0 aliphatic rings.